The lowest BCUT2D eigenvalue weighted by Gasteiger charge is -2.28. The second-order valence-electron chi connectivity index (χ2n) is 6.86. The zero-order chi connectivity index (χ0) is 16.5. The Balaban J connectivity index is 1.61. The topological polar surface area (TPSA) is 37.2 Å². The van der Waals surface area contributed by atoms with Crippen molar-refractivity contribution in [2.45, 2.75) is 38.3 Å². The monoisotopic (exact) mass is 345 g/mol. The zero-order valence-electron chi connectivity index (χ0n) is 14.2. The molecule has 1 aromatic heterocycles. The van der Waals surface area contributed by atoms with Gasteiger partial charge >= 0.3 is 0 Å². The SMILES string of the molecule is Cn1cnnc1C1CCCN1Cc1c(Cl)cccc1N1CCCC1. The molecule has 2 aliphatic rings. The Labute approximate surface area is 148 Å². The maximum Gasteiger partial charge on any atom is 0.149 e. The maximum absolute atomic E-state index is 6.60. The molecule has 0 radical (unpaired) electrons. The molecule has 128 valence electrons. The molecule has 0 spiro atoms. The quantitative estimate of drug-likeness (QED) is 0.851. The van der Waals surface area contributed by atoms with Crippen LogP contribution in [0.3, 0.4) is 0 Å². The minimum absolute atomic E-state index is 0.334. The van der Waals surface area contributed by atoms with Crippen LogP contribution in [0.15, 0.2) is 24.5 Å². The smallest absolute Gasteiger partial charge is 0.149 e. The summed E-state index contributed by atoms with van der Waals surface area (Å²) in [6.45, 7) is 4.24. The van der Waals surface area contributed by atoms with E-state index in [-0.39, 0.29) is 0 Å². The highest BCUT2D eigenvalue weighted by molar-refractivity contribution is 6.31. The third-order valence-corrected chi connectivity index (χ3v) is 5.66. The van der Waals surface area contributed by atoms with E-state index in [2.05, 4.69) is 32.1 Å². The summed E-state index contributed by atoms with van der Waals surface area (Å²) >= 11 is 6.60. The van der Waals surface area contributed by atoms with E-state index in [0.29, 0.717) is 6.04 Å². The minimum Gasteiger partial charge on any atom is -0.371 e. The Kier molecular flexibility index (Phi) is 4.46. The lowest BCUT2D eigenvalue weighted by atomic mass is 10.1. The van der Waals surface area contributed by atoms with Crippen molar-refractivity contribution in [2.24, 2.45) is 7.05 Å². The zero-order valence-corrected chi connectivity index (χ0v) is 14.9. The molecule has 1 aromatic carbocycles. The molecule has 4 rings (SSSR count). The number of hydrogen-bond donors (Lipinski definition) is 0. The number of rotatable bonds is 4. The Morgan fingerprint density at radius 2 is 2.00 bits per heavy atom. The number of benzene rings is 1. The van der Waals surface area contributed by atoms with Crippen molar-refractivity contribution >= 4 is 17.3 Å². The second kappa shape index (κ2) is 6.73. The van der Waals surface area contributed by atoms with E-state index in [1.54, 1.807) is 6.33 Å². The minimum atomic E-state index is 0.334. The predicted molar refractivity (Wildman–Crippen MR) is 96.3 cm³/mol. The van der Waals surface area contributed by atoms with Crippen molar-refractivity contribution in [1.82, 2.24) is 19.7 Å². The molecule has 1 unspecified atom stereocenters. The van der Waals surface area contributed by atoms with Crippen LogP contribution in [0.1, 0.15) is 43.1 Å². The van der Waals surface area contributed by atoms with Gasteiger partial charge in [0.15, 0.2) is 0 Å². The number of likely N-dealkylation sites (tertiary alicyclic amines) is 1. The fraction of sp³-hybridized carbons (Fsp3) is 0.556. The third kappa shape index (κ3) is 2.91. The molecule has 1 atom stereocenters. The van der Waals surface area contributed by atoms with Crippen molar-refractivity contribution < 1.29 is 0 Å². The highest BCUT2D eigenvalue weighted by atomic mass is 35.5. The molecular formula is C18H24ClN5. The lowest BCUT2D eigenvalue weighted by Crippen LogP contribution is -2.27. The number of aromatic nitrogens is 3. The first-order chi connectivity index (χ1) is 11.7. The van der Waals surface area contributed by atoms with Gasteiger partial charge in [0.25, 0.3) is 0 Å². The molecule has 2 fully saturated rings. The van der Waals surface area contributed by atoms with Gasteiger partial charge < -0.3 is 9.47 Å². The summed E-state index contributed by atoms with van der Waals surface area (Å²) in [5.41, 5.74) is 2.57. The standard InChI is InChI=1S/C18H24ClN5/c1-22-13-20-21-18(22)17-8-5-11-24(17)12-14-15(19)6-4-7-16(14)23-9-2-3-10-23/h4,6-7,13,17H,2-3,5,8-12H2,1H3. The largest absolute Gasteiger partial charge is 0.371 e. The summed E-state index contributed by atoms with van der Waals surface area (Å²) < 4.78 is 2.04. The molecule has 2 aliphatic heterocycles. The van der Waals surface area contributed by atoms with E-state index in [4.69, 9.17) is 11.6 Å². The highest BCUT2D eigenvalue weighted by Gasteiger charge is 2.31. The number of halogens is 1. The maximum atomic E-state index is 6.60. The van der Waals surface area contributed by atoms with Crippen LogP contribution in [0.25, 0.3) is 0 Å². The Bertz CT molecular complexity index is 707. The molecule has 6 heteroatoms. The second-order valence-corrected chi connectivity index (χ2v) is 7.27. The van der Waals surface area contributed by atoms with Crippen molar-refractivity contribution in [3.05, 3.63) is 40.9 Å². The van der Waals surface area contributed by atoms with Crippen LogP contribution in [0.5, 0.6) is 0 Å². The number of nitrogens with zero attached hydrogens (tertiary/aromatic N) is 5. The van der Waals surface area contributed by atoms with Gasteiger partial charge in [-0.05, 0) is 44.4 Å². The predicted octanol–water partition coefficient (Wildman–Crippen LogP) is 3.41. The molecule has 2 aromatic rings. The van der Waals surface area contributed by atoms with Gasteiger partial charge in [0.1, 0.15) is 12.2 Å². The van der Waals surface area contributed by atoms with Gasteiger partial charge in [0.2, 0.25) is 0 Å². The third-order valence-electron chi connectivity index (χ3n) is 5.31. The van der Waals surface area contributed by atoms with Gasteiger partial charge in [-0.15, -0.1) is 10.2 Å². The fourth-order valence-corrected chi connectivity index (χ4v) is 4.29. The summed E-state index contributed by atoms with van der Waals surface area (Å²) in [5, 5.41) is 9.28. The number of anilines is 1. The number of aryl methyl sites for hydroxylation is 1. The van der Waals surface area contributed by atoms with Gasteiger partial charge in [-0.3, -0.25) is 4.90 Å². The van der Waals surface area contributed by atoms with Gasteiger partial charge in [0, 0.05) is 43.0 Å². The summed E-state index contributed by atoms with van der Waals surface area (Å²) in [5.74, 6) is 1.06. The van der Waals surface area contributed by atoms with Crippen molar-refractivity contribution in [1.29, 1.82) is 0 Å². The van der Waals surface area contributed by atoms with Crippen LogP contribution in [-0.4, -0.2) is 39.3 Å². The van der Waals surface area contributed by atoms with E-state index >= 15 is 0 Å². The molecule has 24 heavy (non-hydrogen) atoms. The Morgan fingerprint density at radius 3 is 2.75 bits per heavy atom. The van der Waals surface area contributed by atoms with Crippen LogP contribution in [0, 0.1) is 0 Å². The van der Waals surface area contributed by atoms with Crippen molar-refractivity contribution in [3.63, 3.8) is 0 Å². The molecule has 2 saturated heterocycles. The van der Waals surface area contributed by atoms with Gasteiger partial charge in [-0.2, -0.15) is 0 Å². The molecule has 0 bridgehead atoms. The van der Waals surface area contributed by atoms with E-state index in [0.717, 1.165) is 43.4 Å². The van der Waals surface area contributed by atoms with Crippen LogP contribution >= 0.6 is 11.6 Å². The first-order valence-corrected chi connectivity index (χ1v) is 9.22. The fourth-order valence-electron chi connectivity index (χ4n) is 4.06. The average molecular weight is 346 g/mol. The summed E-state index contributed by atoms with van der Waals surface area (Å²) in [7, 11) is 2.02. The summed E-state index contributed by atoms with van der Waals surface area (Å²) in [4.78, 5) is 4.99. The van der Waals surface area contributed by atoms with E-state index in [9.17, 15) is 0 Å². The highest BCUT2D eigenvalue weighted by Crippen LogP contribution is 2.36. The molecule has 0 N–H and O–H groups in total. The lowest BCUT2D eigenvalue weighted by molar-refractivity contribution is 0.236. The van der Waals surface area contributed by atoms with Gasteiger partial charge in [0.05, 0.1) is 6.04 Å². The summed E-state index contributed by atoms with van der Waals surface area (Å²) in [6, 6.07) is 6.65. The van der Waals surface area contributed by atoms with E-state index < -0.39 is 0 Å². The first kappa shape index (κ1) is 15.9. The van der Waals surface area contributed by atoms with Crippen molar-refractivity contribution in [3.8, 4) is 0 Å². The Morgan fingerprint density at radius 1 is 1.17 bits per heavy atom. The van der Waals surface area contributed by atoms with Crippen LogP contribution < -0.4 is 4.90 Å². The molecule has 0 aliphatic carbocycles. The molecule has 5 nitrogen and oxygen atoms in total. The molecular weight excluding hydrogens is 322 g/mol. The van der Waals surface area contributed by atoms with E-state index in [1.165, 1.54) is 30.5 Å². The average Bonchev–Trinajstić information content (AvgIpc) is 3.31. The number of hydrogen-bond acceptors (Lipinski definition) is 4. The summed E-state index contributed by atoms with van der Waals surface area (Å²) in [6.07, 6.45) is 6.67. The van der Waals surface area contributed by atoms with Crippen LogP contribution in [0.4, 0.5) is 5.69 Å². The van der Waals surface area contributed by atoms with Gasteiger partial charge in [-0.25, -0.2) is 0 Å². The van der Waals surface area contributed by atoms with Gasteiger partial charge in [-0.1, -0.05) is 17.7 Å². The normalized spacial score (nSPS) is 21.8. The first-order valence-electron chi connectivity index (χ1n) is 8.84. The molecule has 0 saturated carbocycles. The molecule has 3 heterocycles. The molecule has 0 amide bonds. The van der Waals surface area contributed by atoms with Crippen LogP contribution in [-0.2, 0) is 13.6 Å². The van der Waals surface area contributed by atoms with E-state index in [1.807, 2.05) is 17.7 Å². The van der Waals surface area contributed by atoms with Crippen molar-refractivity contribution in [2.75, 3.05) is 24.5 Å². The Hall–Kier alpha value is -1.59. The van der Waals surface area contributed by atoms with Crippen LogP contribution in [0.2, 0.25) is 5.02 Å².